The number of halogens is 6. The fourth-order valence-electron chi connectivity index (χ4n) is 5.03. The lowest BCUT2D eigenvalue weighted by Gasteiger charge is -2.50. The van der Waals surface area contributed by atoms with E-state index in [4.69, 9.17) is 9.90 Å². The van der Waals surface area contributed by atoms with Gasteiger partial charge in [-0.3, -0.25) is 14.5 Å². The van der Waals surface area contributed by atoms with Crippen molar-refractivity contribution in [3.05, 3.63) is 29.8 Å². The molecule has 1 aliphatic carbocycles. The van der Waals surface area contributed by atoms with Crippen molar-refractivity contribution >= 4 is 23.5 Å². The number of rotatable bonds is 3. The van der Waals surface area contributed by atoms with Gasteiger partial charge in [-0.2, -0.15) is 26.3 Å². The van der Waals surface area contributed by atoms with E-state index in [1.165, 1.54) is 12.1 Å². The summed E-state index contributed by atoms with van der Waals surface area (Å²) in [5, 5.41) is 7.12. The number of benzene rings is 1. The maximum absolute atomic E-state index is 13.0. The SMILES string of the molecule is CCCN1CC2CC[C@@H]1[C@H]1C(=O)N(c3cccc(C(F)(F)F)c3)C(=O)[C@@H]21.O=C(O)C(F)(F)F. The normalized spacial score (nSPS) is 27.3. The topological polar surface area (TPSA) is 77.9 Å². The molecule has 1 aromatic carbocycles. The van der Waals surface area contributed by atoms with Gasteiger partial charge >= 0.3 is 18.3 Å². The number of carboxylic acid groups (broad SMARTS) is 1. The van der Waals surface area contributed by atoms with E-state index in [2.05, 4.69) is 11.8 Å². The zero-order chi connectivity index (χ0) is 24.7. The minimum Gasteiger partial charge on any atom is -0.475 e. The number of imide groups is 1. The standard InChI is InChI=1S/C19H21F3N2O2.C2HF3O2/c1-2-8-23-10-11-6-7-14(23)16-15(11)17(25)24(18(16)26)13-5-3-4-12(9-13)19(20,21)22;3-2(4,5)1(6)7/h3-5,9,11,14-16H,2,6-8,10H2,1H3;(H,6,7)/t11?,14-,15+,16-;/m1./s1. The van der Waals surface area contributed by atoms with Crippen LogP contribution in [0.15, 0.2) is 24.3 Å². The highest BCUT2D eigenvalue weighted by Crippen LogP contribution is 2.49. The maximum Gasteiger partial charge on any atom is 0.490 e. The summed E-state index contributed by atoms with van der Waals surface area (Å²) in [6, 6.07) is 4.54. The van der Waals surface area contributed by atoms with Gasteiger partial charge in [-0.1, -0.05) is 13.0 Å². The zero-order valence-corrected chi connectivity index (χ0v) is 17.5. The maximum atomic E-state index is 13.0. The number of nitrogens with zero attached hydrogens (tertiary/aromatic N) is 2. The minimum absolute atomic E-state index is 0.0252. The van der Waals surface area contributed by atoms with E-state index in [9.17, 15) is 35.9 Å². The predicted molar refractivity (Wildman–Crippen MR) is 103 cm³/mol. The molecule has 3 saturated heterocycles. The number of hydrogen-bond acceptors (Lipinski definition) is 4. The minimum atomic E-state index is -5.08. The molecule has 0 aromatic heterocycles. The molecule has 3 heterocycles. The van der Waals surface area contributed by atoms with Crippen LogP contribution in [-0.2, 0) is 20.6 Å². The van der Waals surface area contributed by atoms with Crippen LogP contribution in [0.5, 0.6) is 0 Å². The first-order valence-corrected chi connectivity index (χ1v) is 10.4. The van der Waals surface area contributed by atoms with Gasteiger partial charge in [0.05, 0.1) is 23.1 Å². The van der Waals surface area contributed by atoms with E-state index >= 15 is 0 Å². The highest BCUT2D eigenvalue weighted by atomic mass is 19.4. The summed E-state index contributed by atoms with van der Waals surface area (Å²) in [5.74, 6) is -4.11. The van der Waals surface area contributed by atoms with Crippen molar-refractivity contribution in [3.63, 3.8) is 0 Å². The molecule has 5 rings (SSSR count). The fraction of sp³-hybridized carbons (Fsp3) is 0.571. The summed E-state index contributed by atoms with van der Waals surface area (Å²) >= 11 is 0. The van der Waals surface area contributed by atoms with Crippen molar-refractivity contribution in [1.29, 1.82) is 0 Å². The van der Waals surface area contributed by atoms with Gasteiger partial charge in [-0.15, -0.1) is 0 Å². The lowest BCUT2D eigenvalue weighted by Crippen LogP contribution is -2.58. The highest BCUT2D eigenvalue weighted by Gasteiger charge is 2.60. The summed E-state index contributed by atoms with van der Waals surface area (Å²) in [6.07, 6.45) is -6.84. The number of carbonyl (C=O) groups is 3. The second-order valence-electron chi connectivity index (χ2n) is 8.31. The number of amides is 2. The van der Waals surface area contributed by atoms with Crippen LogP contribution >= 0.6 is 0 Å². The Bertz CT molecular complexity index is 932. The molecular weight excluding hydrogens is 458 g/mol. The third kappa shape index (κ3) is 4.85. The Balaban J connectivity index is 0.000000383. The molecule has 4 aliphatic rings. The molecule has 1 saturated carbocycles. The van der Waals surface area contributed by atoms with Crippen LogP contribution in [0, 0.1) is 17.8 Å². The van der Waals surface area contributed by atoms with Crippen LogP contribution in [0.1, 0.15) is 31.7 Å². The molecule has 6 nitrogen and oxygen atoms in total. The molecule has 0 spiro atoms. The van der Waals surface area contributed by atoms with Gasteiger partial charge < -0.3 is 5.11 Å². The lowest BCUT2D eigenvalue weighted by molar-refractivity contribution is -0.192. The van der Waals surface area contributed by atoms with Gasteiger partial charge in [0, 0.05) is 12.6 Å². The summed E-state index contributed by atoms with van der Waals surface area (Å²) in [6.45, 7) is 3.76. The van der Waals surface area contributed by atoms with Crippen molar-refractivity contribution in [1.82, 2.24) is 4.90 Å². The third-order valence-electron chi connectivity index (χ3n) is 6.28. The Morgan fingerprint density at radius 2 is 1.67 bits per heavy atom. The van der Waals surface area contributed by atoms with Gasteiger partial charge in [-0.05, 0) is 49.9 Å². The summed E-state index contributed by atoms with van der Waals surface area (Å²) < 4.78 is 70.8. The van der Waals surface area contributed by atoms with Gasteiger partial charge in [0.25, 0.3) is 0 Å². The smallest absolute Gasteiger partial charge is 0.475 e. The Hall–Kier alpha value is -2.63. The third-order valence-corrected chi connectivity index (χ3v) is 6.28. The quantitative estimate of drug-likeness (QED) is 0.524. The molecule has 4 atom stereocenters. The number of piperidine rings is 2. The van der Waals surface area contributed by atoms with Crippen LogP contribution in [-0.4, -0.2) is 53.1 Å². The van der Waals surface area contributed by atoms with Crippen LogP contribution in [0.25, 0.3) is 0 Å². The molecule has 1 unspecified atom stereocenters. The fourth-order valence-corrected chi connectivity index (χ4v) is 5.03. The summed E-state index contributed by atoms with van der Waals surface area (Å²) in [4.78, 5) is 38.2. The highest BCUT2D eigenvalue weighted by molar-refractivity contribution is 6.22. The van der Waals surface area contributed by atoms with Crippen LogP contribution in [0.3, 0.4) is 0 Å². The number of carbonyl (C=O) groups excluding carboxylic acids is 2. The first kappa shape index (κ1) is 25.0. The Kier molecular flexibility index (Phi) is 6.79. The second kappa shape index (κ2) is 8.96. The number of fused-ring (bicyclic) bond motifs is 2. The number of carboxylic acids is 1. The van der Waals surface area contributed by atoms with Gasteiger partial charge in [0.1, 0.15) is 0 Å². The zero-order valence-electron chi connectivity index (χ0n) is 17.5. The molecule has 3 aliphatic heterocycles. The molecule has 1 N–H and O–H groups in total. The van der Waals surface area contributed by atoms with Crippen molar-refractivity contribution < 1.29 is 45.8 Å². The first-order chi connectivity index (χ1) is 15.3. The molecule has 182 valence electrons. The van der Waals surface area contributed by atoms with Gasteiger partial charge in [0.15, 0.2) is 0 Å². The number of hydrogen-bond donors (Lipinski definition) is 1. The van der Waals surface area contributed by atoms with E-state index in [1.54, 1.807) is 0 Å². The molecule has 2 bridgehead atoms. The lowest BCUT2D eigenvalue weighted by atomic mass is 9.66. The average molecular weight is 480 g/mol. The van der Waals surface area contributed by atoms with E-state index in [-0.39, 0.29) is 35.4 Å². The van der Waals surface area contributed by atoms with Crippen molar-refractivity contribution in [3.8, 4) is 0 Å². The van der Waals surface area contributed by atoms with Crippen molar-refractivity contribution in [2.24, 2.45) is 17.8 Å². The summed E-state index contributed by atoms with van der Waals surface area (Å²) in [5.41, 5.74) is -0.813. The second-order valence-corrected chi connectivity index (χ2v) is 8.31. The number of aliphatic carboxylic acids is 1. The Labute approximate surface area is 185 Å². The molecule has 33 heavy (non-hydrogen) atoms. The van der Waals surface area contributed by atoms with Gasteiger partial charge in [-0.25, -0.2) is 9.69 Å². The molecule has 4 fully saturated rings. The average Bonchev–Trinajstić information content (AvgIpc) is 3.00. The molecule has 1 aromatic rings. The Morgan fingerprint density at radius 1 is 1.06 bits per heavy atom. The molecule has 0 radical (unpaired) electrons. The number of anilines is 1. The largest absolute Gasteiger partial charge is 0.490 e. The van der Waals surface area contributed by atoms with Crippen LogP contribution in [0.4, 0.5) is 32.0 Å². The van der Waals surface area contributed by atoms with Gasteiger partial charge in [0.2, 0.25) is 11.8 Å². The van der Waals surface area contributed by atoms with E-state index < -0.39 is 29.8 Å². The monoisotopic (exact) mass is 480 g/mol. The van der Waals surface area contributed by atoms with Crippen LogP contribution in [0.2, 0.25) is 0 Å². The van der Waals surface area contributed by atoms with Crippen molar-refractivity contribution in [2.45, 2.75) is 44.6 Å². The van der Waals surface area contributed by atoms with E-state index in [0.29, 0.717) is 0 Å². The van der Waals surface area contributed by atoms with Crippen molar-refractivity contribution in [2.75, 3.05) is 18.0 Å². The van der Waals surface area contributed by atoms with Crippen LogP contribution < -0.4 is 4.90 Å². The summed E-state index contributed by atoms with van der Waals surface area (Å²) in [7, 11) is 0. The predicted octanol–water partition coefficient (Wildman–Crippen LogP) is 3.95. The number of alkyl halides is 6. The first-order valence-electron chi connectivity index (χ1n) is 10.4. The molecule has 12 heteroatoms. The Morgan fingerprint density at radius 3 is 2.21 bits per heavy atom. The van der Waals surface area contributed by atoms with E-state index in [0.717, 1.165) is 49.4 Å². The molecular formula is C21H22F6N2O4. The van der Waals surface area contributed by atoms with E-state index in [1.807, 2.05) is 0 Å². The molecule has 2 amide bonds.